The minimum absolute atomic E-state index is 0.0447. The number of carbonyl (C=O) groups excluding carboxylic acids is 3. The van der Waals surface area contributed by atoms with E-state index in [0.29, 0.717) is 37.2 Å². The number of Topliss-reactive ketones (excluding diaryl/α,β-unsaturated/α-hetero) is 1. The van der Waals surface area contributed by atoms with Gasteiger partial charge >= 0.3 is 0 Å². The summed E-state index contributed by atoms with van der Waals surface area (Å²) in [6.07, 6.45) is 7.16. The number of nitrogens with zero attached hydrogens (tertiary/aromatic N) is 3. The maximum absolute atomic E-state index is 13.2. The highest BCUT2D eigenvalue weighted by Gasteiger charge is 2.43. The minimum Gasteiger partial charge on any atom is -0.497 e. The molecule has 1 unspecified atom stereocenters. The summed E-state index contributed by atoms with van der Waals surface area (Å²) in [4.78, 5) is 47.0. The molecule has 1 aromatic heterocycles. The van der Waals surface area contributed by atoms with E-state index in [1.54, 1.807) is 19.4 Å². The molecule has 0 bridgehead atoms. The van der Waals surface area contributed by atoms with Gasteiger partial charge in [0.1, 0.15) is 10.8 Å². The first-order chi connectivity index (χ1) is 16.9. The van der Waals surface area contributed by atoms with Crippen LogP contribution < -0.4 is 4.74 Å². The van der Waals surface area contributed by atoms with Gasteiger partial charge in [-0.2, -0.15) is 0 Å². The number of aromatic nitrogens is 1. The number of rotatable bonds is 5. The van der Waals surface area contributed by atoms with E-state index in [9.17, 15) is 14.4 Å². The summed E-state index contributed by atoms with van der Waals surface area (Å²) in [5.41, 5.74) is 2.40. The number of carbonyl (C=O) groups is 3. The van der Waals surface area contributed by atoms with Crippen LogP contribution in [0.15, 0.2) is 41.6 Å². The summed E-state index contributed by atoms with van der Waals surface area (Å²) in [6, 6.07) is 9.18. The van der Waals surface area contributed by atoms with Crippen molar-refractivity contribution >= 4 is 29.4 Å². The standard InChI is InChI=1S/C27H31N3O4S/c1-34-19-5-6-20-22(16-19)18(14-23(20)31)15-24(32)30-13-9-27(17-30)7-11-29(12-8-27)26(33)21-4-3-10-28-25(21)35-2/h3-6,10,16,18H,7-9,11-15,17H2,1-2H3. The number of ketones is 1. The van der Waals surface area contributed by atoms with Crippen molar-refractivity contribution in [1.82, 2.24) is 14.8 Å². The van der Waals surface area contributed by atoms with Gasteiger partial charge in [-0.3, -0.25) is 14.4 Å². The largest absolute Gasteiger partial charge is 0.497 e. The van der Waals surface area contributed by atoms with Crippen molar-refractivity contribution in [3.63, 3.8) is 0 Å². The SMILES string of the molecule is COc1ccc2c(c1)C(CC(=O)N1CCC3(CCN(C(=O)c4cccnc4SC)CC3)C1)CC2=O. The molecule has 5 rings (SSSR count). The summed E-state index contributed by atoms with van der Waals surface area (Å²) in [7, 11) is 1.61. The lowest BCUT2D eigenvalue weighted by Gasteiger charge is -2.39. The van der Waals surface area contributed by atoms with Gasteiger partial charge in [0, 0.05) is 56.7 Å². The number of amides is 2. The van der Waals surface area contributed by atoms with Gasteiger partial charge in [-0.25, -0.2) is 4.98 Å². The Morgan fingerprint density at radius 2 is 1.89 bits per heavy atom. The molecule has 2 saturated heterocycles. The third-order valence-electron chi connectivity index (χ3n) is 7.95. The van der Waals surface area contributed by atoms with Crippen LogP contribution in [0.2, 0.25) is 0 Å². The van der Waals surface area contributed by atoms with E-state index in [2.05, 4.69) is 4.98 Å². The molecule has 3 aliphatic rings. The van der Waals surface area contributed by atoms with Crippen LogP contribution >= 0.6 is 11.8 Å². The Kier molecular flexibility index (Phi) is 6.57. The molecule has 1 aromatic carbocycles. The molecule has 0 saturated carbocycles. The fourth-order valence-corrected chi connectivity index (χ4v) is 6.39. The van der Waals surface area contributed by atoms with E-state index in [1.807, 2.05) is 40.3 Å². The van der Waals surface area contributed by atoms with E-state index < -0.39 is 0 Å². The van der Waals surface area contributed by atoms with Crippen molar-refractivity contribution in [2.24, 2.45) is 5.41 Å². The van der Waals surface area contributed by atoms with Crippen LogP contribution in [0.25, 0.3) is 0 Å². The molecule has 2 fully saturated rings. The monoisotopic (exact) mass is 493 g/mol. The lowest BCUT2D eigenvalue weighted by molar-refractivity contribution is -0.131. The van der Waals surface area contributed by atoms with Gasteiger partial charge in [-0.1, -0.05) is 0 Å². The molecule has 184 valence electrons. The van der Waals surface area contributed by atoms with Gasteiger partial charge in [0.05, 0.1) is 12.7 Å². The molecule has 1 aliphatic carbocycles. The van der Waals surface area contributed by atoms with Crippen molar-refractivity contribution in [3.8, 4) is 5.75 Å². The number of hydrogen-bond acceptors (Lipinski definition) is 6. The fourth-order valence-electron chi connectivity index (χ4n) is 5.85. The number of methoxy groups -OCH3 is 1. The molecule has 2 aromatic rings. The quantitative estimate of drug-likeness (QED) is 0.585. The van der Waals surface area contributed by atoms with Crippen molar-refractivity contribution in [3.05, 3.63) is 53.2 Å². The van der Waals surface area contributed by atoms with Crippen LogP contribution in [0.1, 0.15) is 64.3 Å². The van der Waals surface area contributed by atoms with Gasteiger partial charge in [-0.05, 0) is 66.8 Å². The number of hydrogen-bond donors (Lipinski definition) is 0. The Morgan fingerprint density at radius 1 is 1.14 bits per heavy atom. The Hall–Kier alpha value is -2.87. The molecule has 2 aliphatic heterocycles. The summed E-state index contributed by atoms with van der Waals surface area (Å²) in [6.45, 7) is 2.89. The highest BCUT2D eigenvalue weighted by molar-refractivity contribution is 7.98. The maximum atomic E-state index is 13.2. The average Bonchev–Trinajstić information content (AvgIpc) is 3.44. The summed E-state index contributed by atoms with van der Waals surface area (Å²) in [5, 5.41) is 0.764. The van der Waals surface area contributed by atoms with Crippen molar-refractivity contribution < 1.29 is 19.1 Å². The van der Waals surface area contributed by atoms with Crippen LogP contribution in [0, 0.1) is 5.41 Å². The first-order valence-corrected chi connectivity index (χ1v) is 13.4. The molecule has 0 radical (unpaired) electrons. The van der Waals surface area contributed by atoms with Crippen LogP contribution in [0.4, 0.5) is 0 Å². The number of benzene rings is 1. The predicted molar refractivity (Wildman–Crippen MR) is 134 cm³/mol. The third kappa shape index (κ3) is 4.56. The van der Waals surface area contributed by atoms with Gasteiger partial charge < -0.3 is 14.5 Å². The van der Waals surface area contributed by atoms with Gasteiger partial charge in [0.15, 0.2) is 5.78 Å². The van der Waals surface area contributed by atoms with E-state index in [0.717, 1.165) is 48.5 Å². The topological polar surface area (TPSA) is 79.8 Å². The third-order valence-corrected chi connectivity index (χ3v) is 8.66. The number of pyridine rings is 1. The van der Waals surface area contributed by atoms with E-state index in [1.165, 1.54) is 11.8 Å². The molecule has 1 spiro atoms. The lowest BCUT2D eigenvalue weighted by Crippen LogP contribution is -2.45. The number of likely N-dealkylation sites (tertiary alicyclic amines) is 2. The van der Waals surface area contributed by atoms with Gasteiger partial charge in [0.2, 0.25) is 5.91 Å². The fraction of sp³-hybridized carbons (Fsp3) is 0.481. The average molecular weight is 494 g/mol. The number of fused-ring (bicyclic) bond motifs is 1. The Labute approximate surface area is 210 Å². The summed E-state index contributed by atoms with van der Waals surface area (Å²) in [5.74, 6) is 0.903. The maximum Gasteiger partial charge on any atom is 0.256 e. The highest BCUT2D eigenvalue weighted by atomic mass is 32.2. The first-order valence-electron chi connectivity index (χ1n) is 12.2. The number of piperidine rings is 1. The summed E-state index contributed by atoms with van der Waals surface area (Å²) < 4.78 is 5.33. The summed E-state index contributed by atoms with van der Waals surface area (Å²) >= 11 is 1.49. The molecule has 8 heteroatoms. The number of ether oxygens (including phenoxy) is 1. The smallest absolute Gasteiger partial charge is 0.256 e. The predicted octanol–water partition coefficient (Wildman–Crippen LogP) is 4.03. The van der Waals surface area contributed by atoms with Crippen LogP contribution in [0.3, 0.4) is 0 Å². The lowest BCUT2D eigenvalue weighted by atomic mass is 9.77. The second kappa shape index (κ2) is 9.64. The zero-order valence-corrected chi connectivity index (χ0v) is 21.1. The Morgan fingerprint density at radius 3 is 2.60 bits per heavy atom. The molecular formula is C27H31N3O4S. The normalized spacial score (nSPS) is 20.9. The highest BCUT2D eigenvalue weighted by Crippen LogP contribution is 2.43. The molecule has 0 N–H and O–H groups in total. The second-order valence-electron chi connectivity index (χ2n) is 9.90. The van der Waals surface area contributed by atoms with E-state index >= 15 is 0 Å². The van der Waals surface area contributed by atoms with E-state index in [4.69, 9.17) is 4.74 Å². The van der Waals surface area contributed by atoms with E-state index in [-0.39, 0.29) is 28.9 Å². The van der Waals surface area contributed by atoms with Crippen LogP contribution in [0.5, 0.6) is 5.75 Å². The Balaban J connectivity index is 1.19. The Bertz CT molecular complexity index is 1160. The zero-order valence-electron chi connectivity index (χ0n) is 20.3. The van der Waals surface area contributed by atoms with Gasteiger partial charge in [0.25, 0.3) is 5.91 Å². The van der Waals surface area contributed by atoms with Gasteiger partial charge in [-0.15, -0.1) is 11.8 Å². The van der Waals surface area contributed by atoms with Crippen molar-refractivity contribution in [2.45, 2.75) is 43.0 Å². The molecule has 1 atom stereocenters. The van der Waals surface area contributed by atoms with Crippen LogP contribution in [-0.4, -0.2) is 71.9 Å². The zero-order chi connectivity index (χ0) is 24.6. The second-order valence-corrected chi connectivity index (χ2v) is 10.7. The first kappa shape index (κ1) is 23.9. The minimum atomic E-state index is -0.0822. The molecule has 35 heavy (non-hydrogen) atoms. The molecule has 3 heterocycles. The van der Waals surface area contributed by atoms with Crippen LogP contribution in [-0.2, 0) is 4.79 Å². The number of thioether (sulfide) groups is 1. The molecule has 2 amide bonds. The van der Waals surface area contributed by atoms with Crippen molar-refractivity contribution in [2.75, 3.05) is 39.5 Å². The van der Waals surface area contributed by atoms with Crippen molar-refractivity contribution in [1.29, 1.82) is 0 Å². The molecular weight excluding hydrogens is 462 g/mol. The molecule has 7 nitrogen and oxygen atoms in total.